The summed E-state index contributed by atoms with van der Waals surface area (Å²) in [5.74, 6) is -1.03. The van der Waals surface area contributed by atoms with Gasteiger partial charge in [0.2, 0.25) is 5.79 Å². The number of hydrogen-bond acceptors (Lipinski definition) is 3. The third-order valence-electron chi connectivity index (χ3n) is 1.87. The first kappa shape index (κ1) is 10.4. The van der Waals surface area contributed by atoms with Gasteiger partial charge >= 0.3 is 0 Å². The lowest BCUT2D eigenvalue weighted by Gasteiger charge is -2.38. The first-order valence-electron chi connectivity index (χ1n) is 3.99. The summed E-state index contributed by atoms with van der Waals surface area (Å²) in [6.07, 6.45) is 1.04. The molecule has 1 heterocycles. The van der Waals surface area contributed by atoms with Crippen LogP contribution in [0.4, 0.5) is 0 Å². The van der Waals surface area contributed by atoms with Crippen molar-refractivity contribution in [3.63, 3.8) is 0 Å². The molecule has 0 bridgehead atoms. The number of rotatable bonds is 1. The maximum Gasteiger partial charge on any atom is 0.250 e. The second kappa shape index (κ2) is 3.59. The summed E-state index contributed by atoms with van der Waals surface area (Å²) < 4.78 is 10.8. The van der Waals surface area contributed by atoms with Gasteiger partial charge in [0, 0.05) is 22.6 Å². The van der Waals surface area contributed by atoms with Crippen LogP contribution in [0.25, 0.3) is 0 Å². The molecule has 1 aliphatic heterocycles. The number of ether oxygens (including phenoxy) is 2. The third-order valence-corrected chi connectivity index (χ3v) is 2.85. The number of hydrogen-bond donors (Lipinski definition) is 0. The first-order valence-corrected chi connectivity index (χ1v) is 5.07. The molecule has 0 aromatic carbocycles. The standard InChI is InChI=1S/C8H13IO3/c1-5-4-6(2)12-8(3,11-5)7(9)10/h5-6H,4H2,1-3H3/t5-,6-/m1/s1. The van der Waals surface area contributed by atoms with Crippen molar-refractivity contribution in [2.45, 2.75) is 45.2 Å². The van der Waals surface area contributed by atoms with Gasteiger partial charge in [-0.3, -0.25) is 4.79 Å². The minimum atomic E-state index is -1.03. The maximum absolute atomic E-state index is 11.1. The molecule has 0 aromatic heterocycles. The fraction of sp³-hybridized carbons (Fsp3) is 0.875. The van der Waals surface area contributed by atoms with Crippen LogP contribution in [0, 0.1) is 0 Å². The highest BCUT2D eigenvalue weighted by atomic mass is 127. The predicted molar refractivity (Wildman–Crippen MR) is 53.1 cm³/mol. The van der Waals surface area contributed by atoms with Crippen LogP contribution in [0.2, 0.25) is 0 Å². The number of carbonyl (C=O) groups is 1. The Bertz CT molecular complexity index is 183. The van der Waals surface area contributed by atoms with Crippen LogP contribution >= 0.6 is 22.6 Å². The minimum absolute atomic E-state index is 0.0949. The summed E-state index contributed by atoms with van der Waals surface area (Å²) >= 11 is 1.71. The van der Waals surface area contributed by atoms with E-state index in [4.69, 9.17) is 9.47 Å². The average Bonchev–Trinajstić information content (AvgIpc) is 1.82. The van der Waals surface area contributed by atoms with Crippen molar-refractivity contribution in [3.05, 3.63) is 0 Å². The Morgan fingerprint density at radius 2 is 1.83 bits per heavy atom. The molecule has 0 spiro atoms. The Morgan fingerprint density at radius 1 is 1.42 bits per heavy atom. The van der Waals surface area contributed by atoms with Gasteiger partial charge in [-0.05, 0) is 27.2 Å². The topological polar surface area (TPSA) is 35.5 Å². The van der Waals surface area contributed by atoms with Crippen LogP contribution in [-0.2, 0) is 14.3 Å². The van der Waals surface area contributed by atoms with Gasteiger partial charge in [0.05, 0.1) is 12.2 Å². The van der Waals surface area contributed by atoms with Crippen LogP contribution < -0.4 is 0 Å². The zero-order chi connectivity index (χ0) is 9.35. The van der Waals surface area contributed by atoms with Crippen LogP contribution in [-0.4, -0.2) is 21.8 Å². The molecule has 70 valence electrons. The van der Waals surface area contributed by atoms with E-state index >= 15 is 0 Å². The van der Waals surface area contributed by atoms with E-state index in [9.17, 15) is 4.79 Å². The van der Waals surface area contributed by atoms with E-state index in [1.54, 1.807) is 29.5 Å². The molecule has 0 radical (unpaired) electrons. The van der Waals surface area contributed by atoms with Crippen molar-refractivity contribution in [1.29, 1.82) is 0 Å². The summed E-state index contributed by atoms with van der Waals surface area (Å²) in [7, 11) is 0. The van der Waals surface area contributed by atoms with E-state index in [0.717, 1.165) is 6.42 Å². The Kier molecular flexibility index (Phi) is 3.11. The molecular weight excluding hydrogens is 271 g/mol. The highest BCUT2D eigenvalue weighted by molar-refractivity contribution is 14.1. The first-order chi connectivity index (χ1) is 5.44. The second-order valence-corrected chi connectivity index (χ2v) is 4.29. The molecule has 4 heteroatoms. The molecule has 0 amide bonds. The van der Waals surface area contributed by atoms with E-state index in [-0.39, 0.29) is 16.0 Å². The predicted octanol–water partition coefficient (Wildman–Crippen LogP) is 1.88. The fourth-order valence-corrected chi connectivity index (χ4v) is 1.71. The van der Waals surface area contributed by atoms with Gasteiger partial charge in [0.25, 0.3) is 3.79 Å². The van der Waals surface area contributed by atoms with Crippen molar-refractivity contribution >= 4 is 26.4 Å². The van der Waals surface area contributed by atoms with Gasteiger partial charge in [0.1, 0.15) is 0 Å². The smallest absolute Gasteiger partial charge is 0.250 e. The average molecular weight is 284 g/mol. The molecule has 0 aliphatic carbocycles. The van der Waals surface area contributed by atoms with Gasteiger partial charge in [-0.2, -0.15) is 0 Å². The third kappa shape index (κ3) is 2.17. The number of halogens is 1. The van der Waals surface area contributed by atoms with E-state index in [1.807, 2.05) is 13.8 Å². The van der Waals surface area contributed by atoms with Crippen LogP contribution in [0.15, 0.2) is 0 Å². The quantitative estimate of drug-likeness (QED) is 0.545. The second-order valence-electron chi connectivity index (χ2n) is 3.31. The van der Waals surface area contributed by atoms with Crippen molar-refractivity contribution < 1.29 is 14.3 Å². The van der Waals surface area contributed by atoms with Gasteiger partial charge in [-0.15, -0.1) is 0 Å². The molecule has 1 rings (SSSR count). The molecule has 0 N–H and O–H groups in total. The normalized spacial score (nSPS) is 42.7. The zero-order valence-corrected chi connectivity index (χ0v) is 9.62. The van der Waals surface area contributed by atoms with Gasteiger partial charge in [-0.25, -0.2) is 0 Å². The van der Waals surface area contributed by atoms with Gasteiger partial charge < -0.3 is 9.47 Å². The lowest BCUT2D eigenvalue weighted by molar-refractivity contribution is -0.279. The maximum atomic E-state index is 11.1. The SMILES string of the molecule is C[C@@H]1C[C@@H](C)OC(C)(C(=O)I)O1. The molecule has 0 unspecified atom stereocenters. The van der Waals surface area contributed by atoms with Gasteiger partial charge in [-0.1, -0.05) is 0 Å². The largest absolute Gasteiger partial charge is 0.340 e. The van der Waals surface area contributed by atoms with Crippen LogP contribution in [0.1, 0.15) is 27.2 Å². The summed E-state index contributed by atoms with van der Waals surface area (Å²) in [5, 5.41) is 0. The Balaban J connectivity index is 2.71. The molecular formula is C8H13IO3. The summed E-state index contributed by atoms with van der Waals surface area (Å²) in [6, 6.07) is 0. The van der Waals surface area contributed by atoms with E-state index in [1.165, 1.54) is 0 Å². The lowest BCUT2D eigenvalue weighted by Crippen LogP contribution is -2.48. The van der Waals surface area contributed by atoms with E-state index in [2.05, 4.69) is 0 Å². The lowest BCUT2D eigenvalue weighted by atomic mass is 10.1. The Hall–Kier alpha value is 0.320. The Morgan fingerprint density at radius 3 is 2.17 bits per heavy atom. The summed E-state index contributed by atoms with van der Waals surface area (Å²) in [6.45, 7) is 5.58. The number of carbonyl (C=O) groups excluding carboxylic acids is 1. The molecule has 1 fully saturated rings. The molecule has 1 saturated heterocycles. The highest BCUT2D eigenvalue weighted by Crippen LogP contribution is 2.29. The van der Waals surface area contributed by atoms with Crippen molar-refractivity contribution in [3.8, 4) is 0 Å². The molecule has 3 nitrogen and oxygen atoms in total. The molecule has 2 atom stereocenters. The van der Waals surface area contributed by atoms with Gasteiger partial charge in [0.15, 0.2) is 0 Å². The van der Waals surface area contributed by atoms with Crippen LogP contribution in [0.5, 0.6) is 0 Å². The monoisotopic (exact) mass is 284 g/mol. The van der Waals surface area contributed by atoms with E-state index in [0.29, 0.717) is 0 Å². The van der Waals surface area contributed by atoms with Crippen molar-refractivity contribution in [2.24, 2.45) is 0 Å². The van der Waals surface area contributed by atoms with Crippen molar-refractivity contribution in [2.75, 3.05) is 0 Å². The van der Waals surface area contributed by atoms with Crippen molar-refractivity contribution in [1.82, 2.24) is 0 Å². The zero-order valence-electron chi connectivity index (χ0n) is 7.46. The summed E-state index contributed by atoms with van der Waals surface area (Å²) in [4.78, 5) is 11.1. The fourth-order valence-electron chi connectivity index (χ4n) is 1.45. The molecule has 0 aromatic rings. The van der Waals surface area contributed by atoms with Crippen LogP contribution in [0.3, 0.4) is 0 Å². The minimum Gasteiger partial charge on any atom is -0.340 e. The highest BCUT2D eigenvalue weighted by Gasteiger charge is 2.40. The molecule has 1 aliphatic rings. The molecule has 12 heavy (non-hydrogen) atoms. The summed E-state index contributed by atoms with van der Waals surface area (Å²) in [5.41, 5.74) is 0. The molecule has 0 saturated carbocycles. The van der Waals surface area contributed by atoms with E-state index < -0.39 is 5.79 Å². The Labute approximate surface area is 85.9 Å².